The molecule has 0 bridgehead atoms. The van der Waals surface area contributed by atoms with Crippen molar-refractivity contribution >= 4 is 33.3 Å². The molecule has 0 unspecified atom stereocenters. The van der Waals surface area contributed by atoms with Crippen LogP contribution >= 0.6 is 11.3 Å². The van der Waals surface area contributed by atoms with Crippen LogP contribution in [0.4, 0.5) is 5.95 Å². The van der Waals surface area contributed by atoms with E-state index in [0.717, 1.165) is 18.4 Å². The number of sulfonamides is 1. The maximum absolute atomic E-state index is 12.5. The number of ether oxygens (including phenoxy) is 2. The van der Waals surface area contributed by atoms with Gasteiger partial charge in [-0.3, -0.25) is 0 Å². The van der Waals surface area contributed by atoms with E-state index in [0.29, 0.717) is 5.82 Å². The summed E-state index contributed by atoms with van der Waals surface area (Å²) in [5.41, 5.74) is 0. The minimum Gasteiger partial charge on any atom is -0.494 e. The fourth-order valence-electron chi connectivity index (χ4n) is 1.56. The van der Waals surface area contributed by atoms with E-state index in [4.69, 9.17) is 4.74 Å². The number of rotatable bonds is 5. The van der Waals surface area contributed by atoms with Crippen molar-refractivity contribution in [2.45, 2.75) is 11.8 Å². The standard InChI is InChI=1S/C11H12N4O5S2/c1-6-12-5-13-11(14-6)15-22(17,18)9-7(19-2)4-21-8(9)10(16)20-3/h4-5H,1-3H3,(H,12,13,14,15). The molecule has 1 N–H and O–H groups in total. The zero-order chi connectivity index (χ0) is 16.3. The fourth-order valence-corrected chi connectivity index (χ4v) is 4.11. The van der Waals surface area contributed by atoms with Crippen molar-refractivity contribution in [2.24, 2.45) is 0 Å². The number of carbonyl (C=O) groups excluding carboxylic acids is 1. The van der Waals surface area contributed by atoms with Crippen LogP contribution in [0.1, 0.15) is 15.5 Å². The summed E-state index contributed by atoms with van der Waals surface area (Å²) in [6.07, 6.45) is 1.17. The number of aromatic nitrogens is 3. The minimum absolute atomic E-state index is 0.0312. The monoisotopic (exact) mass is 344 g/mol. The highest BCUT2D eigenvalue weighted by Crippen LogP contribution is 2.34. The molecule has 0 aliphatic rings. The van der Waals surface area contributed by atoms with Crippen LogP contribution in [0.25, 0.3) is 0 Å². The number of hydrogen-bond acceptors (Lipinski definition) is 9. The highest BCUT2D eigenvalue weighted by atomic mass is 32.2. The molecule has 0 saturated carbocycles. The Morgan fingerprint density at radius 3 is 2.64 bits per heavy atom. The number of methoxy groups -OCH3 is 2. The molecule has 0 fully saturated rings. The van der Waals surface area contributed by atoms with E-state index >= 15 is 0 Å². The summed E-state index contributed by atoms with van der Waals surface area (Å²) in [7, 11) is -1.67. The Bertz CT molecular complexity index is 803. The van der Waals surface area contributed by atoms with E-state index in [1.54, 1.807) is 6.92 Å². The molecule has 11 heteroatoms. The van der Waals surface area contributed by atoms with Crippen LogP contribution in [0.5, 0.6) is 5.75 Å². The second kappa shape index (κ2) is 6.23. The Kier molecular flexibility index (Phi) is 4.56. The number of hydrogen-bond donors (Lipinski definition) is 1. The fraction of sp³-hybridized carbons (Fsp3) is 0.273. The number of aryl methyl sites for hydroxylation is 1. The van der Waals surface area contributed by atoms with Crippen molar-refractivity contribution in [3.63, 3.8) is 0 Å². The first kappa shape index (κ1) is 16.1. The van der Waals surface area contributed by atoms with Crippen molar-refractivity contribution in [3.8, 4) is 5.75 Å². The average Bonchev–Trinajstić information content (AvgIpc) is 2.90. The smallest absolute Gasteiger partial charge is 0.349 e. The maximum atomic E-state index is 12.5. The van der Waals surface area contributed by atoms with E-state index in [9.17, 15) is 13.2 Å². The van der Waals surface area contributed by atoms with Crippen LogP contribution in [-0.2, 0) is 14.8 Å². The molecule has 0 radical (unpaired) electrons. The maximum Gasteiger partial charge on any atom is 0.349 e. The summed E-state index contributed by atoms with van der Waals surface area (Å²) >= 11 is 0.902. The van der Waals surface area contributed by atoms with Gasteiger partial charge in [0.05, 0.1) is 14.2 Å². The van der Waals surface area contributed by atoms with Gasteiger partial charge in [0.2, 0.25) is 5.95 Å². The zero-order valence-corrected chi connectivity index (χ0v) is 13.5. The molecule has 0 spiro atoms. The Morgan fingerprint density at radius 1 is 1.32 bits per heavy atom. The molecule has 2 heterocycles. The van der Waals surface area contributed by atoms with Gasteiger partial charge in [-0.15, -0.1) is 11.3 Å². The third-order valence-corrected chi connectivity index (χ3v) is 4.95. The molecule has 0 aliphatic heterocycles. The van der Waals surface area contributed by atoms with E-state index in [2.05, 4.69) is 24.4 Å². The molecule has 0 amide bonds. The van der Waals surface area contributed by atoms with Crippen molar-refractivity contribution in [2.75, 3.05) is 18.9 Å². The minimum atomic E-state index is -4.13. The molecule has 2 aromatic heterocycles. The summed E-state index contributed by atoms with van der Waals surface area (Å²) in [5.74, 6) is -0.557. The SMILES string of the molecule is COC(=O)c1scc(OC)c1S(=O)(=O)Nc1ncnc(C)n1. The van der Waals surface area contributed by atoms with Crippen LogP contribution < -0.4 is 9.46 Å². The Labute approximate surface area is 130 Å². The van der Waals surface area contributed by atoms with Gasteiger partial charge in [0.1, 0.15) is 17.0 Å². The summed E-state index contributed by atoms with van der Waals surface area (Å²) in [5, 5.41) is 1.40. The van der Waals surface area contributed by atoms with Crippen molar-refractivity contribution in [3.05, 3.63) is 22.4 Å². The molecule has 0 saturated heterocycles. The number of esters is 1. The second-order valence-corrected chi connectivity index (χ2v) is 6.41. The molecule has 118 valence electrons. The van der Waals surface area contributed by atoms with Crippen LogP contribution in [0.3, 0.4) is 0 Å². The predicted octanol–water partition coefficient (Wildman–Crippen LogP) is 0.838. The lowest BCUT2D eigenvalue weighted by molar-refractivity contribution is 0.0602. The van der Waals surface area contributed by atoms with E-state index in [1.165, 1.54) is 18.8 Å². The number of nitrogens with zero attached hydrogens (tertiary/aromatic N) is 3. The first-order valence-electron chi connectivity index (χ1n) is 5.81. The number of carbonyl (C=O) groups is 1. The van der Waals surface area contributed by atoms with Crippen LogP contribution in [-0.4, -0.2) is 43.6 Å². The molecule has 9 nitrogen and oxygen atoms in total. The second-order valence-electron chi connectivity index (χ2n) is 3.92. The molecule has 2 aromatic rings. The molecule has 22 heavy (non-hydrogen) atoms. The quantitative estimate of drug-likeness (QED) is 0.792. The predicted molar refractivity (Wildman–Crippen MR) is 77.6 cm³/mol. The van der Waals surface area contributed by atoms with Gasteiger partial charge in [-0.25, -0.2) is 27.9 Å². The van der Waals surface area contributed by atoms with Gasteiger partial charge >= 0.3 is 5.97 Å². The largest absolute Gasteiger partial charge is 0.494 e. The van der Waals surface area contributed by atoms with E-state index < -0.39 is 16.0 Å². The van der Waals surface area contributed by atoms with Gasteiger partial charge < -0.3 is 9.47 Å². The molecular formula is C11H12N4O5S2. The topological polar surface area (TPSA) is 120 Å². The van der Waals surface area contributed by atoms with E-state index in [1.807, 2.05) is 0 Å². The highest BCUT2D eigenvalue weighted by molar-refractivity contribution is 7.93. The van der Waals surface area contributed by atoms with Gasteiger partial charge in [0, 0.05) is 5.38 Å². The first-order valence-corrected chi connectivity index (χ1v) is 8.17. The molecule has 2 rings (SSSR count). The van der Waals surface area contributed by atoms with Crippen LogP contribution in [0.2, 0.25) is 0 Å². The van der Waals surface area contributed by atoms with Crippen molar-refractivity contribution < 1.29 is 22.7 Å². The van der Waals surface area contributed by atoms with Gasteiger partial charge in [0.15, 0.2) is 10.6 Å². The van der Waals surface area contributed by atoms with Crippen molar-refractivity contribution in [1.29, 1.82) is 0 Å². The Balaban J connectivity index is 2.49. The summed E-state index contributed by atoms with van der Waals surface area (Å²) in [4.78, 5) is 22.6. The number of thiophene rings is 1. The van der Waals surface area contributed by atoms with Crippen molar-refractivity contribution in [1.82, 2.24) is 15.0 Å². The van der Waals surface area contributed by atoms with Gasteiger partial charge in [-0.1, -0.05) is 0 Å². The summed E-state index contributed by atoms with van der Waals surface area (Å²) in [6, 6.07) is 0. The average molecular weight is 344 g/mol. The molecular weight excluding hydrogens is 332 g/mol. The van der Waals surface area contributed by atoms with E-state index in [-0.39, 0.29) is 21.5 Å². The Morgan fingerprint density at radius 2 is 2.05 bits per heavy atom. The third-order valence-electron chi connectivity index (χ3n) is 2.49. The summed E-state index contributed by atoms with van der Waals surface area (Å²) in [6.45, 7) is 1.59. The lowest BCUT2D eigenvalue weighted by atomic mass is 10.4. The van der Waals surface area contributed by atoms with Gasteiger partial charge in [-0.2, -0.15) is 4.98 Å². The zero-order valence-electron chi connectivity index (χ0n) is 11.9. The summed E-state index contributed by atoms with van der Waals surface area (Å²) < 4.78 is 36.8. The lowest BCUT2D eigenvalue weighted by Gasteiger charge is -2.09. The van der Waals surface area contributed by atoms with Crippen LogP contribution in [0.15, 0.2) is 16.6 Å². The number of nitrogens with one attached hydrogen (secondary N) is 1. The highest BCUT2D eigenvalue weighted by Gasteiger charge is 2.30. The molecule has 0 atom stereocenters. The normalized spacial score (nSPS) is 11.0. The van der Waals surface area contributed by atoms with Gasteiger partial charge in [-0.05, 0) is 6.92 Å². The molecule has 0 aliphatic carbocycles. The number of anilines is 1. The Hall–Kier alpha value is -2.27. The lowest BCUT2D eigenvalue weighted by Crippen LogP contribution is -2.18. The third kappa shape index (κ3) is 3.14. The van der Waals surface area contributed by atoms with Crippen LogP contribution in [0, 0.1) is 6.92 Å². The van der Waals surface area contributed by atoms with Gasteiger partial charge in [0.25, 0.3) is 10.0 Å². The first-order chi connectivity index (χ1) is 10.4. The molecule has 0 aromatic carbocycles.